The number of benzene rings is 1. The number of hydrogen-bond acceptors (Lipinski definition) is 4. The smallest absolute Gasteiger partial charge is 0.341 e. The molecule has 0 saturated heterocycles. The number of hydrogen-bond donors (Lipinski definition) is 2. The van der Waals surface area contributed by atoms with Crippen LogP contribution in [0.3, 0.4) is 0 Å². The molecule has 3 aromatic rings. The number of nitrogens with one attached hydrogen (secondary N) is 1. The Bertz CT molecular complexity index is 1240. The van der Waals surface area contributed by atoms with Crippen molar-refractivity contribution in [3.63, 3.8) is 0 Å². The number of nitrogens with zero attached hydrogens (tertiary/aromatic N) is 1. The Morgan fingerprint density at radius 1 is 1.24 bits per heavy atom. The summed E-state index contributed by atoms with van der Waals surface area (Å²) >= 11 is 0. The van der Waals surface area contributed by atoms with Crippen molar-refractivity contribution in [2.24, 2.45) is 0 Å². The van der Waals surface area contributed by atoms with E-state index in [9.17, 15) is 14.7 Å². The molecule has 6 heteroatoms. The van der Waals surface area contributed by atoms with Crippen LogP contribution in [0.15, 0.2) is 35.3 Å². The molecule has 0 amide bonds. The van der Waals surface area contributed by atoms with Crippen LogP contribution in [0.4, 0.5) is 0 Å². The van der Waals surface area contributed by atoms with E-state index in [1.807, 2.05) is 19.1 Å². The van der Waals surface area contributed by atoms with Crippen LogP contribution < -0.4 is 15.6 Å². The molecule has 1 aromatic carbocycles. The fraction of sp³-hybridized carbons (Fsp3) is 0.304. The second kappa shape index (κ2) is 6.46. The molecule has 1 aliphatic heterocycles. The van der Waals surface area contributed by atoms with Crippen LogP contribution in [0.1, 0.15) is 51.4 Å². The summed E-state index contributed by atoms with van der Waals surface area (Å²) in [7, 11) is 1.68. The highest BCUT2D eigenvalue weighted by Crippen LogP contribution is 2.44. The predicted molar refractivity (Wildman–Crippen MR) is 110 cm³/mol. The molecule has 1 aliphatic carbocycles. The number of carboxylic acids is 1. The predicted octanol–water partition coefficient (Wildman–Crippen LogP) is 3.46. The molecule has 3 heterocycles. The molecule has 0 atom stereocenters. The van der Waals surface area contributed by atoms with E-state index < -0.39 is 11.5 Å². The van der Waals surface area contributed by atoms with E-state index in [1.54, 1.807) is 19.4 Å². The quantitative estimate of drug-likeness (QED) is 0.713. The number of pyridine rings is 2. The van der Waals surface area contributed by atoms with Gasteiger partial charge in [0.15, 0.2) is 0 Å². The highest BCUT2D eigenvalue weighted by molar-refractivity contribution is 5.89. The molecule has 1 fully saturated rings. The van der Waals surface area contributed by atoms with Gasteiger partial charge in [0.2, 0.25) is 0 Å². The maximum atomic E-state index is 12.8. The van der Waals surface area contributed by atoms with E-state index in [2.05, 4.69) is 11.4 Å². The van der Waals surface area contributed by atoms with Crippen molar-refractivity contribution >= 4 is 11.5 Å². The van der Waals surface area contributed by atoms with E-state index in [-0.39, 0.29) is 5.56 Å². The maximum Gasteiger partial charge on any atom is 0.341 e. The van der Waals surface area contributed by atoms with Gasteiger partial charge in [0.1, 0.15) is 11.3 Å². The first-order valence-corrected chi connectivity index (χ1v) is 9.82. The van der Waals surface area contributed by atoms with Crippen molar-refractivity contribution in [2.45, 2.75) is 38.8 Å². The standard InChI is InChI=1S/C23H22N2O4/c1-12-16(14-7-15-10-24-11-19(15)20(8-14)29-2)5-6-25-21(12)17(13-3-4-13)9-18(22(25)26)23(27)28/h5-9,13,24H,3-4,10-11H2,1-2H3,(H,27,28). The van der Waals surface area contributed by atoms with Gasteiger partial charge in [-0.2, -0.15) is 0 Å². The molecule has 5 rings (SSSR count). The summed E-state index contributed by atoms with van der Waals surface area (Å²) in [5.74, 6) is 0.00287. The van der Waals surface area contributed by atoms with E-state index in [0.29, 0.717) is 5.92 Å². The third kappa shape index (κ3) is 2.75. The van der Waals surface area contributed by atoms with Gasteiger partial charge in [-0.05, 0) is 77.8 Å². The van der Waals surface area contributed by atoms with Crippen molar-refractivity contribution in [3.8, 4) is 16.9 Å². The van der Waals surface area contributed by atoms with Crippen molar-refractivity contribution in [3.05, 3.63) is 68.6 Å². The fourth-order valence-corrected chi connectivity index (χ4v) is 4.49. The van der Waals surface area contributed by atoms with Gasteiger partial charge in [-0.3, -0.25) is 9.20 Å². The lowest BCUT2D eigenvalue weighted by atomic mass is 9.94. The topological polar surface area (TPSA) is 80.0 Å². The molecular weight excluding hydrogens is 368 g/mol. The number of rotatable bonds is 4. The van der Waals surface area contributed by atoms with Crippen LogP contribution in [-0.2, 0) is 13.1 Å². The number of aromatic nitrogens is 1. The largest absolute Gasteiger partial charge is 0.496 e. The first kappa shape index (κ1) is 17.9. The van der Waals surface area contributed by atoms with Gasteiger partial charge in [0.05, 0.1) is 12.6 Å². The third-order valence-electron chi connectivity index (χ3n) is 6.11. The van der Waals surface area contributed by atoms with Gasteiger partial charge >= 0.3 is 5.97 Å². The molecular formula is C23H22N2O4. The van der Waals surface area contributed by atoms with Gasteiger partial charge in [0.25, 0.3) is 5.56 Å². The molecule has 0 bridgehead atoms. The number of ether oxygens (including phenoxy) is 1. The van der Waals surface area contributed by atoms with E-state index in [4.69, 9.17) is 4.74 Å². The lowest BCUT2D eigenvalue weighted by Crippen LogP contribution is -2.23. The number of carbonyl (C=O) groups is 1. The van der Waals surface area contributed by atoms with Crippen molar-refractivity contribution in [2.75, 3.05) is 7.11 Å². The van der Waals surface area contributed by atoms with Crippen LogP contribution in [0.25, 0.3) is 16.6 Å². The first-order valence-electron chi connectivity index (χ1n) is 9.82. The number of carboxylic acid groups (broad SMARTS) is 1. The van der Waals surface area contributed by atoms with Gasteiger partial charge in [0, 0.05) is 24.8 Å². The fourth-order valence-electron chi connectivity index (χ4n) is 4.49. The number of aromatic carboxylic acids is 1. The molecule has 0 radical (unpaired) electrons. The minimum Gasteiger partial charge on any atom is -0.496 e. The lowest BCUT2D eigenvalue weighted by Gasteiger charge is -2.17. The zero-order chi connectivity index (χ0) is 20.3. The Morgan fingerprint density at radius 3 is 2.72 bits per heavy atom. The van der Waals surface area contributed by atoms with Gasteiger partial charge in [-0.1, -0.05) is 0 Å². The average molecular weight is 390 g/mol. The van der Waals surface area contributed by atoms with Crippen LogP contribution in [0.2, 0.25) is 0 Å². The summed E-state index contributed by atoms with van der Waals surface area (Å²) in [5.41, 5.74) is 6.60. The van der Waals surface area contributed by atoms with Crippen LogP contribution in [-0.4, -0.2) is 22.6 Å². The Balaban J connectivity index is 1.79. The minimum atomic E-state index is -1.18. The van der Waals surface area contributed by atoms with Crippen molar-refractivity contribution in [1.82, 2.24) is 9.72 Å². The SMILES string of the molecule is COc1cc(-c2ccn3c(=O)c(C(=O)O)cc(C4CC4)c3c2C)cc2c1CNC2. The average Bonchev–Trinajstić information content (AvgIpc) is 3.44. The van der Waals surface area contributed by atoms with Crippen molar-refractivity contribution in [1.29, 1.82) is 0 Å². The molecule has 0 unspecified atom stereocenters. The summed E-state index contributed by atoms with van der Waals surface area (Å²) in [4.78, 5) is 24.4. The van der Waals surface area contributed by atoms with Crippen LogP contribution in [0, 0.1) is 6.92 Å². The normalized spacial score (nSPS) is 15.5. The lowest BCUT2D eigenvalue weighted by molar-refractivity contribution is 0.0694. The first-order chi connectivity index (χ1) is 14.0. The summed E-state index contributed by atoms with van der Waals surface area (Å²) in [6.07, 6.45) is 3.75. The highest BCUT2D eigenvalue weighted by atomic mass is 16.5. The maximum absolute atomic E-state index is 12.8. The number of fused-ring (bicyclic) bond motifs is 2. The van der Waals surface area contributed by atoms with Gasteiger partial charge in [-0.25, -0.2) is 4.79 Å². The van der Waals surface area contributed by atoms with Crippen LogP contribution >= 0.6 is 0 Å². The van der Waals surface area contributed by atoms with E-state index >= 15 is 0 Å². The second-order valence-electron chi connectivity index (χ2n) is 7.89. The molecule has 148 valence electrons. The number of aryl methyl sites for hydroxylation is 1. The molecule has 6 nitrogen and oxygen atoms in total. The number of methoxy groups -OCH3 is 1. The highest BCUT2D eigenvalue weighted by Gasteiger charge is 2.29. The third-order valence-corrected chi connectivity index (χ3v) is 6.11. The van der Waals surface area contributed by atoms with Gasteiger partial charge in [-0.15, -0.1) is 0 Å². The summed E-state index contributed by atoms with van der Waals surface area (Å²) < 4.78 is 7.12. The summed E-state index contributed by atoms with van der Waals surface area (Å²) in [5, 5.41) is 12.8. The molecule has 29 heavy (non-hydrogen) atoms. The Labute approximate surface area is 167 Å². The Hall–Kier alpha value is -3.12. The van der Waals surface area contributed by atoms with E-state index in [1.165, 1.54) is 15.5 Å². The molecule has 0 spiro atoms. The molecule has 2 aromatic heterocycles. The Kier molecular flexibility index (Phi) is 3.99. The molecule has 1 saturated carbocycles. The van der Waals surface area contributed by atoms with Gasteiger partial charge < -0.3 is 15.2 Å². The zero-order valence-corrected chi connectivity index (χ0v) is 16.4. The molecule has 2 N–H and O–H groups in total. The summed E-state index contributed by atoms with van der Waals surface area (Å²) in [6, 6.07) is 7.71. The minimum absolute atomic E-state index is 0.165. The van der Waals surface area contributed by atoms with Crippen molar-refractivity contribution < 1.29 is 14.6 Å². The zero-order valence-electron chi connectivity index (χ0n) is 16.4. The monoisotopic (exact) mass is 390 g/mol. The molecule has 2 aliphatic rings. The Morgan fingerprint density at radius 2 is 2.03 bits per heavy atom. The van der Waals surface area contributed by atoms with E-state index in [0.717, 1.165) is 59.5 Å². The van der Waals surface area contributed by atoms with Crippen LogP contribution in [0.5, 0.6) is 5.75 Å². The second-order valence-corrected chi connectivity index (χ2v) is 7.89. The summed E-state index contributed by atoms with van der Waals surface area (Å²) in [6.45, 7) is 3.62.